The number of hydrogen-bond donors (Lipinski definition) is 1. The highest BCUT2D eigenvalue weighted by atomic mass is 32.2. The molecule has 1 unspecified atom stereocenters. The zero-order valence-corrected chi connectivity index (χ0v) is 12.2. The fourth-order valence-electron chi connectivity index (χ4n) is 1.71. The van der Waals surface area contributed by atoms with Crippen molar-refractivity contribution in [1.82, 2.24) is 0 Å². The standard InChI is InChI=1S/C14H15NO2S2/c1-17-13(16)14(15,11-6-3-2-4-7-11)10-19-12-8-5-9-18-12/h2-9H,10,15H2,1H3. The highest BCUT2D eigenvalue weighted by molar-refractivity contribution is 8.01. The SMILES string of the molecule is COC(=O)C(N)(CSc1cccs1)c1ccccc1. The molecule has 3 nitrogen and oxygen atoms in total. The minimum atomic E-state index is -1.12. The van der Waals surface area contributed by atoms with E-state index in [-0.39, 0.29) is 0 Å². The molecule has 0 saturated carbocycles. The number of methoxy groups -OCH3 is 1. The fraction of sp³-hybridized carbons (Fsp3) is 0.214. The van der Waals surface area contributed by atoms with Gasteiger partial charge in [-0.15, -0.1) is 23.1 Å². The Morgan fingerprint density at radius 3 is 2.63 bits per heavy atom. The van der Waals surface area contributed by atoms with Crippen LogP contribution in [-0.2, 0) is 15.1 Å². The van der Waals surface area contributed by atoms with Gasteiger partial charge in [0.05, 0.1) is 11.3 Å². The van der Waals surface area contributed by atoms with E-state index in [4.69, 9.17) is 10.5 Å². The molecular formula is C14H15NO2S2. The van der Waals surface area contributed by atoms with Crippen LogP contribution >= 0.6 is 23.1 Å². The Kier molecular flexibility index (Phi) is 4.63. The Morgan fingerprint density at radius 1 is 1.32 bits per heavy atom. The fourth-order valence-corrected chi connectivity index (χ4v) is 3.60. The van der Waals surface area contributed by atoms with Crippen molar-refractivity contribution < 1.29 is 9.53 Å². The molecular weight excluding hydrogens is 278 g/mol. The van der Waals surface area contributed by atoms with Gasteiger partial charge in [-0.05, 0) is 17.0 Å². The number of carbonyl (C=O) groups excluding carboxylic acids is 1. The number of thiophene rings is 1. The van der Waals surface area contributed by atoms with Crippen molar-refractivity contribution in [1.29, 1.82) is 0 Å². The molecule has 2 aromatic rings. The quantitative estimate of drug-likeness (QED) is 0.680. The first-order chi connectivity index (χ1) is 9.16. The highest BCUT2D eigenvalue weighted by Gasteiger charge is 2.37. The summed E-state index contributed by atoms with van der Waals surface area (Å²) in [6.45, 7) is 0. The maximum Gasteiger partial charge on any atom is 0.331 e. The molecule has 0 aliphatic rings. The molecule has 0 radical (unpaired) electrons. The van der Waals surface area contributed by atoms with E-state index >= 15 is 0 Å². The predicted molar refractivity (Wildman–Crippen MR) is 79.4 cm³/mol. The van der Waals surface area contributed by atoms with Gasteiger partial charge < -0.3 is 10.5 Å². The van der Waals surface area contributed by atoms with E-state index in [1.54, 1.807) is 23.1 Å². The Balaban J connectivity index is 2.22. The summed E-state index contributed by atoms with van der Waals surface area (Å²) in [5.74, 6) is 0.0345. The molecule has 5 heteroatoms. The number of ether oxygens (including phenoxy) is 1. The largest absolute Gasteiger partial charge is 0.467 e. The summed E-state index contributed by atoms with van der Waals surface area (Å²) in [5.41, 5.74) is 5.95. The summed E-state index contributed by atoms with van der Waals surface area (Å²) in [5, 5.41) is 2.00. The molecule has 100 valence electrons. The van der Waals surface area contributed by atoms with E-state index in [9.17, 15) is 4.79 Å². The highest BCUT2D eigenvalue weighted by Crippen LogP contribution is 2.31. The van der Waals surface area contributed by atoms with Gasteiger partial charge in [0.25, 0.3) is 0 Å². The lowest BCUT2D eigenvalue weighted by molar-refractivity contribution is -0.146. The zero-order chi connectivity index (χ0) is 13.7. The van der Waals surface area contributed by atoms with Crippen molar-refractivity contribution in [2.75, 3.05) is 12.9 Å². The molecule has 19 heavy (non-hydrogen) atoms. The number of carbonyl (C=O) groups is 1. The topological polar surface area (TPSA) is 52.3 Å². The number of hydrogen-bond acceptors (Lipinski definition) is 5. The van der Waals surface area contributed by atoms with Crippen LogP contribution in [0, 0.1) is 0 Å². The molecule has 0 aliphatic heterocycles. The number of rotatable bonds is 5. The van der Waals surface area contributed by atoms with Gasteiger partial charge in [-0.2, -0.15) is 0 Å². The maximum atomic E-state index is 12.0. The van der Waals surface area contributed by atoms with Gasteiger partial charge in [-0.25, -0.2) is 4.79 Å². The minimum Gasteiger partial charge on any atom is -0.467 e. The van der Waals surface area contributed by atoms with E-state index in [0.717, 1.165) is 9.77 Å². The summed E-state index contributed by atoms with van der Waals surface area (Å²) >= 11 is 3.20. The van der Waals surface area contributed by atoms with Crippen molar-refractivity contribution in [3.63, 3.8) is 0 Å². The molecule has 0 fully saturated rings. The lowest BCUT2D eigenvalue weighted by Gasteiger charge is -2.26. The minimum absolute atomic E-state index is 0.414. The average Bonchev–Trinajstić information content (AvgIpc) is 2.98. The van der Waals surface area contributed by atoms with Crippen molar-refractivity contribution in [2.24, 2.45) is 5.73 Å². The second-order valence-corrected chi connectivity index (χ2v) is 6.27. The summed E-state index contributed by atoms with van der Waals surface area (Å²) in [6, 6.07) is 13.3. The molecule has 1 atom stereocenters. The average molecular weight is 293 g/mol. The van der Waals surface area contributed by atoms with E-state index < -0.39 is 11.5 Å². The summed E-state index contributed by atoms with van der Waals surface area (Å²) in [4.78, 5) is 12.0. The monoisotopic (exact) mass is 293 g/mol. The van der Waals surface area contributed by atoms with Gasteiger partial charge in [0.15, 0.2) is 0 Å². The molecule has 2 N–H and O–H groups in total. The number of thioether (sulfide) groups is 1. The first-order valence-electron chi connectivity index (χ1n) is 5.76. The Morgan fingerprint density at radius 2 is 2.05 bits per heavy atom. The van der Waals surface area contributed by atoms with Gasteiger partial charge in [0.2, 0.25) is 0 Å². The van der Waals surface area contributed by atoms with Crippen LogP contribution in [0.3, 0.4) is 0 Å². The van der Waals surface area contributed by atoms with Crippen molar-refractivity contribution in [3.05, 3.63) is 53.4 Å². The molecule has 0 spiro atoms. The van der Waals surface area contributed by atoms with Crippen LogP contribution in [0.25, 0.3) is 0 Å². The number of benzene rings is 1. The molecule has 1 aromatic heterocycles. The van der Waals surface area contributed by atoms with Gasteiger partial charge >= 0.3 is 5.97 Å². The molecule has 2 rings (SSSR count). The van der Waals surface area contributed by atoms with Gasteiger partial charge in [-0.3, -0.25) is 0 Å². The Bertz CT molecular complexity index is 528. The first kappa shape index (κ1) is 14.1. The van der Waals surface area contributed by atoms with Gasteiger partial charge in [0, 0.05) is 5.75 Å². The molecule has 1 heterocycles. The molecule has 0 bridgehead atoms. The van der Waals surface area contributed by atoms with Gasteiger partial charge in [-0.1, -0.05) is 36.4 Å². The lowest BCUT2D eigenvalue weighted by atomic mass is 9.93. The Labute approximate surface area is 120 Å². The molecule has 0 saturated heterocycles. The second-order valence-electron chi connectivity index (χ2n) is 4.05. The van der Waals surface area contributed by atoms with Crippen LogP contribution in [0.2, 0.25) is 0 Å². The smallest absolute Gasteiger partial charge is 0.331 e. The van der Waals surface area contributed by atoms with Crippen LogP contribution in [0.1, 0.15) is 5.56 Å². The van der Waals surface area contributed by atoms with E-state index in [1.165, 1.54) is 7.11 Å². The lowest BCUT2D eigenvalue weighted by Crippen LogP contribution is -2.48. The van der Waals surface area contributed by atoms with E-state index in [0.29, 0.717) is 5.75 Å². The van der Waals surface area contributed by atoms with Crippen LogP contribution < -0.4 is 5.73 Å². The second kappa shape index (κ2) is 6.23. The predicted octanol–water partition coefficient (Wildman–Crippen LogP) is 2.87. The van der Waals surface area contributed by atoms with Crippen LogP contribution in [0.4, 0.5) is 0 Å². The first-order valence-corrected chi connectivity index (χ1v) is 7.62. The summed E-state index contributed by atoms with van der Waals surface area (Å²) in [6.07, 6.45) is 0. The van der Waals surface area contributed by atoms with Crippen LogP contribution in [-0.4, -0.2) is 18.8 Å². The maximum absolute atomic E-state index is 12.0. The molecule has 0 aliphatic carbocycles. The van der Waals surface area contributed by atoms with E-state index in [2.05, 4.69) is 0 Å². The van der Waals surface area contributed by atoms with Crippen LogP contribution in [0.5, 0.6) is 0 Å². The zero-order valence-electron chi connectivity index (χ0n) is 10.5. The Hall–Kier alpha value is -1.30. The van der Waals surface area contributed by atoms with Crippen LogP contribution in [0.15, 0.2) is 52.1 Å². The molecule has 0 amide bonds. The van der Waals surface area contributed by atoms with Crippen molar-refractivity contribution >= 4 is 29.1 Å². The molecule has 1 aromatic carbocycles. The van der Waals surface area contributed by atoms with E-state index in [1.807, 2.05) is 47.8 Å². The van der Waals surface area contributed by atoms with Crippen molar-refractivity contribution in [2.45, 2.75) is 9.75 Å². The third-order valence-electron chi connectivity index (χ3n) is 2.78. The summed E-state index contributed by atoms with van der Waals surface area (Å²) in [7, 11) is 1.36. The summed E-state index contributed by atoms with van der Waals surface area (Å²) < 4.78 is 6.00. The third-order valence-corrected chi connectivity index (χ3v) is 5.10. The number of esters is 1. The van der Waals surface area contributed by atoms with Gasteiger partial charge in [0.1, 0.15) is 5.54 Å². The normalized spacial score (nSPS) is 13.8. The third kappa shape index (κ3) is 3.18. The van der Waals surface area contributed by atoms with Crippen molar-refractivity contribution in [3.8, 4) is 0 Å². The number of nitrogens with two attached hydrogens (primary N) is 1.